The van der Waals surface area contributed by atoms with Gasteiger partial charge >= 0.3 is 0 Å². The van der Waals surface area contributed by atoms with Gasteiger partial charge in [0, 0.05) is 13.0 Å². The first-order valence-electron chi connectivity index (χ1n) is 8.83. The van der Waals surface area contributed by atoms with Crippen molar-refractivity contribution in [1.29, 1.82) is 0 Å². The molecule has 0 aliphatic heterocycles. The van der Waals surface area contributed by atoms with Crippen LogP contribution in [0.4, 0.5) is 5.69 Å². The van der Waals surface area contributed by atoms with E-state index in [-0.39, 0.29) is 35.6 Å². The molecule has 0 bridgehead atoms. The summed E-state index contributed by atoms with van der Waals surface area (Å²) in [5.41, 5.74) is 1.73. The van der Waals surface area contributed by atoms with Gasteiger partial charge in [0.2, 0.25) is 5.91 Å². The van der Waals surface area contributed by atoms with Gasteiger partial charge < -0.3 is 10.4 Å². The lowest BCUT2D eigenvalue weighted by Gasteiger charge is -2.20. The van der Waals surface area contributed by atoms with Crippen LogP contribution < -0.4 is 10.9 Å². The van der Waals surface area contributed by atoms with E-state index in [0.717, 1.165) is 5.56 Å². The van der Waals surface area contributed by atoms with Gasteiger partial charge in [-0.25, -0.2) is 4.98 Å². The lowest BCUT2D eigenvalue weighted by atomic mass is 9.87. The molecule has 0 atom stereocenters. The molecule has 2 N–H and O–H groups in total. The van der Waals surface area contributed by atoms with E-state index in [1.54, 1.807) is 30.3 Å². The zero-order chi connectivity index (χ0) is 19.6. The summed E-state index contributed by atoms with van der Waals surface area (Å²) in [6, 6.07) is 12.3. The molecule has 6 heteroatoms. The molecule has 0 unspecified atom stereocenters. The van der Waals surface area contributed by atoms with Crippen LogP contribution in [0.3, 0.4) is 0 Å². The number of phenols is 1. The standard InChI is InChI=1S/C21H23N3O3/c1-21(2,3)14-8-9-18(25)17(12-14)23-19(26)10-11-24-13-22-16-7-5-4-6-15(16)20(24)27/h4-9,12-13,25H,10-11H2,1-3H3,(H,23,26). The molecule has 0 aliphatic rings. The smallest absolute Gasteiger partial charge is 0.261 e. The molecule has 1 amide bonds. The van der Waals surface area contributed by atoms with E-state index in [9.17, 15) is 14.7 Å². The van der Waals surface area contributed by atoms with Crippen LogP contribution in [-0.4, -0.2) is 20.6 Å². The van der Waals surface area contributed by atoms with Crippen molar-refractivity contribution in [1.82, 2.24) is 9.55 Å². The Kier molecular flexibility index (Phi) is 4.99. The molecule has 3 aromatic rings. The number of aryl methyl sites for hydroxylation is 1. The van der Waals surface area contributed by atoms with Crippen LogP contribution in [-0.2, 0) is 16.8 Å². The highest BCUT2D eigenvalue weighted by molar-refractivity contribution is 5.92. The SMILES string of the molecule is CC(C)(C)c1ccc(O)c(NC(=O)CCn2cnc3ccccc3c2=O)c1. The third-order valence-corrected chi connectivity index (χ3v) is 4.45. The Labute approximate surface area is 157 Å². The number of aromatic hydroxyl groups is 1. The second-order valence-corrected chi connectivity index (χ2v) is 7.54. The topological polar surface area (TPSA) is 84.2 Å². The van der Waals surface area contributed by atoms with Crippen LogP contribution in [0.15, 0.2) is 53.6 Å². The summed E-state index contributed by atoms with van der Waals surface area (Å²) in [5.74, 6) is -0.266. The Morgan fingerprint density at radius 1 is 1.19 bits per heavy atom. The fourth-order valence-electron chi connectivity index (χ4n) is 2.80. The summed E-state index contributed by atoms with van der Waals surface area (Å²) in [6.45, 7) is 6.39. The summed E-state index contributed by atoms with van der Waals surface area (Å²) in [5, 5.41) is 13.3. The number of nitrogens with one attached hydrogen (secondary N) is 1. The van der Waals surface area contributed by atoms with Gasteiger partial charge in [-0.3, -0.25) is 14.2 Å². The van der Waals surface area contributed by atoms with Crippen molar-refractivity contribution in [3.8, 4) is 5.75 Å². The van der Waals surface area contributed by atoms with Crippen molar-refractivity contribution in [3.05, 3.63) is 64.7 Å². The molecule has 3 rings (SSSR count). The second kappa shape index (κ2) is 7.23. The van der Waals surface area contributed by atoms with Crippen LogP contribution in [0.5, 0.6) is 5.75 Å². The molecular weight excluding hydrogens is 342 g/mol. The number of para-hydroxylation sites is 1. The second-order valence-electron chi connectivity index (χ2n) is 7.54. The molecule has 140 valence electrons. The molecule has 0 radical (unpaired) electrons. The van der Waals surface area contributed by atoms with Gasteiger partial charge in [-0.15, -0.1) is 0 Å². The molecular formula is C21H23N3O3. The van der Waals surface area contributed by atoms with Crippen molar-refractivity contribution >= 4 is 22.5 Å². The largest absolute Gasteiger partial charge is 0.506 e. The first-order chi connectivity index (χ1) is 12.8. The van der Waals surface area contributed by atoms with E-state index in [1.807, 2.05) is 12.1 Å². The molecule has 0 saturated heterocycles. The molecule has 1 heterocycles. The van der Waals surface area contributed by atoms with E-state index < -0.39 is 0 Å². The number of anilines is 1. The Morgan fingerprint density at radius 2 is 1.93 bits per heavy atom. The highest BCUT2D eigenvalue weighted by Gasteiger charge is 2.16. The Bertz CT molecular complexity index is 1050. The predicted molar refractivity (Wildman–Crippen MR) is 106 cm³/mol. The average Bonchev–Trinajstić information content (AvgIpc) is 2.62. The van der Waals surface area contributed by atoms with Crippen molar-refractivity contribution in [2.24, 2.45) is 0 Å². The van der Waals surface area contributed by atoms with Gasteiger partial charge in [0.05, 0.1) is 22.9 Å². The number of nitrogens with zero attached hydrogens (tertiary/aromatic N) is 2. The van der Waals surface area contributed by atoms with E-state index in [1.165, 1.54) is 10.9 Å². The van der Waals surface area contributed by atoms with Gasteiger partial charge in [-0.05, 0) is 35.2 Å². The first kappa shape index (κ1) is 18.6. The third-order valence-electron chi connectivity index (χ3n) is 4.45. The van der Waals surface area contributed by atoms with E-state index in [4.69, 9.17) is 0 Å². The molecule has 1 aromatic heterocycles. The maximum atomic E-state index is 12.5. The minimum absolute atomic E-state index is 0.0147. The maximum Gasteiger partial charge on any atom is 0.261 e. The van der Waals surface area contributed by atoms with Crippen LogP contribution >= 0.6 is 0 Å². The Balaban J connectivity index is 1.72. The molecule has 6 nitrogen and oxygen atoms in total. The van der Waals surface area contributed by atoms with Crippen LogP contribution in [0.25, 0.3) is 10.9 Å². The van der Waals surface area contributed by atoms with Gasteiger partial charge in [0.15, 0.2) is 0 Å². The van der Waals surface area contributed by atoms with E-state index in [2.05, 4.69) is 31.1 Å². The zero-order valence-corrected chi connectivity index (χ0v) is 15.7. The minimum atomic E-state index is -0.281. The summed E-state index contributed by atoms with van der Waals surface area (Å²) >= 11 is 0. The normalized spacial score (nSPS) is 11.5. The highest BCUT2D eigenvalue weighted by Crippen LogP contribution is 2.30. The van der Waals surface area contributed by atoms with Crippen molar-refractivity contribution in [2.75, 3.05) is 5.32 Å². The van der Waals surface area contributed by atoms with Crippen LogP contribution in [0.2, 0.25) is 0 Å². The van der Waals surface area contributed by atoms with Crippen LogP contribution in [0.1, 0.15) is 32.8 Å². The maximum absolute atomic E-state index is 12.5. The lowest BCUT2D eigenvalue weighted by molar-refractivity contribution is -0.116. The molecule has 0 fully saturated rings. The number of aromatic nitrogens is 2. The van der Waals surface area contributed by atoms with Gasteiger partial charge in [-0.1, -0.05) is 39.0 Å². The number of phenolic OH excluding ortho intramolecular Hbond substituents is 1. The molecule has 27 heavy (non-hydrogen) atoms. The average molecular weight is 365 g/mol. The number of benzene rings is 2. The van der Waals surface area contributed by atoms with E-state index >= 15 is 0 Å². The Hall–Kier alpha value is -3.15. The number of rotatable bonds is 4. The number of hydrogen-bond donors (Lipinski definition) is 2. The highest BCUT2D eigenvalue weighted by atomic mass is 16.3. The summed E-state index contributed by atoms with van der Waals surface area (Å²) < 4.78 is 1.42. The van der Waals surface area contributed by atoms with Crippen molar-refractivity contribution in [3.63, 3.8) is 0 Å². The zero-order valence-electron chi connectivity index (χ0n) is 15.7. The van der Waals surface area contributed by atoms with E-state index in [0.29, 0.717) is 16.6 Å². The molecule has 0 saturated carbocycles. The Morgan fingerprint density at radius 3 is 2.67 bits per heavy atom. The predicted octanol–water partition coefficient (Wildman–Crippen LogP) is 3.43. The summed E-state index contributed by atoms with van der Waals surface area (Å²) in [4.78, 5) is 29.0. The number of hydrogen-bond acceptors (Lipinski definition) is 4. The number of carbonyl (C=O) groups excluding carboxylic acids is 1. The van der Waals surface area contributed by atoms with Gasteiger partial charge in [0.1, 0.15) is 5.75 Å². The number of carbonyl (C=O) groups is 1. The summed E-state index contributed by atoms with van der Waals surface area (Å²) in [6.07, 6.45) is 1.55. The quantitative estimate of drug-likeness (QED) is 0.694. The third kappa shape index (κ3) is 4.16. The molecule has 0 spiro atoms. The fourth-order valence-corrected chi connectivity index (χ4v) is 2.80. The number of fused-ring (bicyclic) bond motifs is 1. The van der Waals surface area contributed by atoms with Gasteiger partial charge in [0.25, 0.3) is 5.56 Å². The molecule has 0 aliphatic carbocycles. The molecule has 2 aromatic carbocycles. The van der Waals surface area contributed by atoms with Crippen molar-refractivity contribution < 1.29 is 9.90 Å². The lowest BCUT2D eigenvalue weighted by Crippen LogP contribution is -2.23. The summed E-state index contributed by atoms with van der Waals surface area (Å²) in [7, 11) is 0. The monoisotopic (exact) mass is 365 g/mol. The fraction of sp³-hybridized carbons (Fsp3) is 0.286. The van der Waals surface area contributed by atoms with Crippen molar-refractivity contribution in [2.45, 2.75) is 39.2 Å². The van der Waals surface area contributed by atoms with Crippen LogP contribution in [0, 0.1) is 0 Å². The number of amides is 1. The first-order valence-corrected chi connectivity index (χ1v) is 8.83. The minimum Gasteiger partial charge on any atom is -0.506 e. The van der Waals surface area contributed by atoms with Gasteiger partial charge in [-0.2, -0.15) is 0 Å².